The van der Waals surface area contributed by atoms with Crippen LogP contribution in [0.5, 0.6) is 0 Å². The van der Waals surface area contributed by atoms with Gasteiger partial charge in [0.15, 0.2) is 0 Å². The van der Waals surface area contributed by atoms with Gasteiger partial charge < -0.3 is 5.11 Å². The number of anilines is 1. The number of non-ortho nitro benzene ring substituents is 1. The van der Waals surface area contributed by atoms with Crippen molar-refractivity contribution in [1.29, 1.82) is 0 Å². The lowest BCUT2D eigenvalue weighted by atomic mass is 10.1. The second-order valence-electron chi connectivity index (χ2n) is 4.36. The summed E-state index contributed by atoms with van der Waals surface area (Å²) in [6.07, 6.45) is -1.77. The van der Waals surface area contributed by atoms with Crippen LogP contribution in [0.3, 0.4) is 0 Å². The van der Waals surface area contributed by atoms with Crippen LogP contribution < -0.4 is 4.90 Å². The second-order valence-corrected chi connectivity index (χ2v) is 4.36. The first kappa shape index (κ1) is 13.9. The third-order valence-electron chi connectivity index (χ3n) is 3.07. The van der Waals surface area contributed by atoms with Gasteiger partial charge in [-0.05, 0) is 24.5 Å². The maximum absolute atomic E-state index is 13.8. The Morgan fingerprint density at radius 2 is 2.15 bits per heavy atom. The van der Waals surface area contributed by atoms with Crippen molar-refractivity contribution in [2.24, 2.45) is 0 Å². The number of carboxylic acids is 1. The number of rotatable bonds is 3. The lowest BCUT2D eigenvalue weighted by Gasteiger charge is -2.23. The highest BCUT2D eigenvalue weighted by Crippen LogP contribution is 2.32. The van der Waals surface area contributed by atoms with E-state index in [0.717, 1.165) is 6.07 Å². The summed E-state index contributed by atoms with van der Waals surface area (Å²) in [5, 5.41) is 19.5. The van der Waals surface area contributed by atoms with Gasteiger partial charge in [-0.25, -0.2) is 9.18 Å². The highest BCUT2D eigenvalue weighted by Gasteiger charge is 2.34. The summed E-state index contributed by atoms with van der Waals surface area (Å²) in [5.74, 6) is -2.42. The van der Waals surface area contributed by atoms with E-state index in [1.807, 2.05) is 0 Å². The molecule has 2 rings (SSSR count). The number of benzene rings is 1. The summed E-state index contributed by atoms with van der Waals surface area (Å²) >= 11 is 0. The monoisotopic (exact) mass is 282 g/mol. The van der Waals surface area contributed by atoms with Crippen LogP contribution in [0.2, 0.25) is 0 Å². The van der Waals surface area contributed by atoms with Crippen LogP contribution >= 0.6 is 0 Å². The van der Waals surface area contributed by atoms with Crippen molar-refractivity contribution in [1.82, 2.24) is 0 Å². The molecule has 0 radical (unpaired) electrons. The van der Waals surface area contributed by atoms with E-state index in [1.54, 1.807) is 0 Å². The first-order valence-electron chi connectivity index (χ1n) is 5.88. The number of aliphatic carboxylic acids is 1. The van der Waals surface area contributed by atoms with Gasteiger partial charge >= 0.3 is 5.97 Å². The molecule has 1 amide bonds. The molecule has 1 aromatic rings. The summed E-state index contributed by atoms with van der Waals surface area (Å²) in [6.45, 7) is 0. The van der Waals surface area contributed by atoms with E-state index >= 15 is 0 Å². The Hall–Kier alpha value is -2.51. The molecule has 1 aliphatic heterocycles. The molecule has 0 bridgehead atoms. The molecule has 0 aromatic heterocycles. The van der Waals surface area contributed by atoms with Crippen LogP contribution in [-0.2, 0) is 16.0 Å². The third kappa shape index (κ3) is 2.44. The molecule has 1 heterocycles. The minimum absolute atomic E-state index is 0.00379. The molecule has 1 aromatic carbocycles. The molecule has 0 saturated carbocycles. The number of alkyl halides is 1. The van der Waals surface area contributed by atoms with Crippen molar-refractivity contribution in [3.05, 3.63) is 33.9 Å². The van der Waals surface area contributed by atoms with Gasteiger partial charge in [0.1, 0.15) is 0 Å². The number of nitrogens with zero attached hydrogens (tertiary/aromatic N) is 2. The maximum atomic E-state index is 13.8. The molecule has 0 saturated heterocycles. The van der Waals surface area contributed by atoms with Gasteiger partial charge in [-0.15, -0.1) is 0 Å². The van der Waals surface area contributed by atoms with Crippen molar-refractivity contribution in [3.63, 3.8) is 0 Å². The van der Waals surface area contributed by atoms with Gasteiger partial charge in [0.05, 0.1) is 10.6 Å². The summed E-state index contributed by atoms with van der Waals surface area (Å²) in [4.78, 5) is 33.3. The highest BCUT2D eigenvalue weighted by molar-refractivity contribution is 5.99. The number of nitro benzene ring substituents is 1. The molecule has 106 valence electrons. The number of hydrogen-bond acceptors (Lipinski definition) is 4. The summed E-state index contributed by atoms with van der Waals surface area (Å²) in [6, 6.07) is 3.58. The zero-order valence-electron chi connectivity index (χ0n) is 10.3. The fraction of sp³-hybridized carbons (Fsp3) is 0.333. The second kappa shape index (κ2) is 5.24. The molecule has 7 nitrogen and oxygen atoms in total. The van der Waals surface area contributed by atoms with Gasteiger partial charge in [-0.1, -0.05) is 0 Å². The number of hydrogen-bond donors (Lipinski definition) is 1. The van der Waals surface area contributed by atoms with Gasteiger partial charge in [-0.2, -0.15) is 0 Å². The van der Waals surface area contributed by atoms with Gasteiger partial charge in [-0.3, -0.25) is 19.8 Å². The van der Waals surface area contributed by atoms with Crippen LogP contribution in [0.4, 0.5) is 15.8 Å². The lowest BCUT2D eigenvalue weighted by molar-refractivity contribution is -0.384. The number of halogens is 1. The molecular weight excluding hydrogens is 271 g/mol. The first-order valence-corrected chi connectivity index (χ1v) is 5.88. The molecule has 20 heavy (non-hydrogen) atoms. The number of fused-ring (bicyclic) bond motifs is 1. The maximum Gasteiger partial charge on any atom is 0.360 e. The zero-order valence-corrected chi connectivity index (χ0v) is 10.3. The van der Waals surface area contributed by atoms with Crippen LogP contribution in [0.1, 0.15) is 18.4 Å². The van der Waals surface area contributed by atoms with Crippen LogP contribution in [0.15, 0.2) is 18.2 Å². The molecule has 0 spiro atoms. The predicted octanol–water partition coefficient (Wildman–Crippen LogP) is 1.64. The fourth-order valence-electron chi connectivity index (χ4n) is 2.16. The molecule has 1 N–H and O–H groups in total. The van der Waals surface area contributed by atoms with Crippen molar-refractivity contribution in [3.8, 4) is 0 Å². The van der Waals surface area contributed by atoms with Crippen molar-refractivity contribution in [2.45, 2.75) is 25.6 Å². The predicted molar refractivity (Wildman–Crippen MR) is 66.1 cm³/mol. The van der Waals surface area contributed by atoms with E-state index in [0.29, 0.717) is 23.3 Å². The van der Waals surface area contributed by atoms with Gasteiger partial charge in [0, 0.05) is 18.6 Å². The fourth-order valence-corrected chi connectivity index (χ4v) is 2.16. The lowest BCUT2D eigenvalue weighted by Crippen LogP contribution is -2.42. The van der Waals surface area contributed by atoms with Gasteiger partial charge in [0.25, 0.3) is 12.0 Å². The van der Waals surface area contributed by atoms with Gasteiger partial charge in [0.2, 0.25) is 5.91 Å². The Bertz CT molecular complexity index is 589. The molecule has 1 atom stereocenters. The van der Waals surface area contributed by atoms with Crippen LogP contribution in [-0.4, -0.2) is 28.2 Å². The number of aryl methyl sites for hydroxylation is 1. The van der Waals surface area contributed by atoms with E-state index in [1.165, 1.54) is 12.1 Å². The van der Waals surface area contributed by atoms with E-state index in [2.05, 4.69) is 0 Å². The number of carbonyl (C=O) groups is 2. The van der Waals surface area contributed by atoms with Crippen LogP contribution in [0.25, 0.3) is 0 Å². The molecule has 0 fully saturated rings. The number of amides is 1. The van der Waals surface area contributed by atoms with E-state index in [4.69, 9.17) is 5.11 Å². The topological polar surface area (TPSA) is 101 Å². The Balaban J connectivity index is 2.52. The quantitative estimate of drug-likeness (QED) is 0.516. The molecule has 1 unspecified atom stereocenters. The van der Waals surface area contributed by atoms with E-state index in [9.17, 15) is 24.1 Å². The Morgan fingerprint density at radius 3 is 2.75 bits per heavy atom. The number of carbonyl (C=O) groups excluding carboxylic acids is 1. The van der Waals surface area contributed by atoms with Crippen molar-refractivity contribution in [2.75, 3.05) is 4.90 Å². The highest BCUT2D eigenvalue weighted by atomic mass is 19.1. The summed E-state index contributed by atoms with van der Waals surface area (Å²) < 4.78 is 13.8. The molecule has 0 aliphatic carbocycles. The third-order valence-corrected chi connectivity index (χ3v) is 3.07. The zero-order chi connectivity index (χ0) is 14.9. The number of carboxylic acid groups (broad SMARTS) is 1. The van der Waals surface area contributed by atoms with Crippen LogP contribution in [0, 0.1) is 10.1 Å². The average Bonchev–Trinajstić information content (AvgIpc) is 2.55. The Labute approximate surface area is 112 Å². The average molecular weight is 282 g/mol. The first-order chi connectivity index (χ1) is 9.41. The van der Waals surface area contributed by atoms with Crippen molar-refractivity contribution < 1.29 is 24.0 Å². The summed E-state index contributed by atoms with van der Waals surface area (Å²) in [5.41, 5.74) is 0.297. The molecule has 8 heteroatoms. The smallest absolute Gasteiger partial charge is 0.360 e. The van der Waals surface area contributed by atoms with E-state index in [-0.39, 0.29) is 17.8 Å². The standard InChI is InChI=1S/C12H11FN2O5/c13-11(12(17)18)14-9-5-4-8(15(19)20)6-7(9)2-1-3-10(14)16/h4-6,11H,1-3H2,(H,17,18). The Morgan fingerprint density at radius 1 is 1.45 bits per heavy atom. The summed E-state index contributed by atoms with van der Waals surface area (Å²) in [7, 11) is 0. The number of nitro groups is 1. The molecule has 1 aliphatic rings. The largest absolute Gasteiger partial charge is 0.478 e. The normalized spacial score (nSPS) is 16.2. The van der Waals surface area contributed by atoms with Crippen molar-refractivity contribution >= 4 is 23.3 Å². The van der Waals surface area contributed by atoms with E-state index < -0.39 is 23.1 Å². The SMILES string of the molecule is O=C(O)C(F)N1C(=O)CCCc2cc([N+](=O)[O-])ccc21. The molecular formula is C12H11FN2O5. The minimum Gasteiger partial charge on any atom is -0.478 e. The Kier molecular flexibility index (Phi) is 3.64. The minimum atomic E-state index is -2.50.